The predicted molar refractivity (Wildman–Crippen MR) is 49.7 cm³/mol. The van der Waals surface area contributed by atoms with E-state index in [0.29, 0.717) is 11.5 Å². The molecular weight excluding hydrogens is 184 g/mol. The zero-order chi connectivity index (χ0) is 9.97. The van der Waals surface area contributed by atoms with Gasteiger partial charge in [0.05, 0.1) is 18.1 Å². The lowest BCUT2D eigenvalue weighted by atomic mass is 10.4. The number of aromatic nitrogens is 2. The molecule has 4 N–H and O–H groups in total. The molecule has 0 atom stereocenters. The van der Waals surface area contributed by atoms with Crippen molar-refractivity contribution in [2.75, 3.05) is 11.1 Å². The molecule has 0 bridgehead atoms. The van der Waals surface area contributed by atoms with Crippen molar-refractivity contribution < 1.29 is 9.21 Å². The van der Waals surface area contributed by atoms with Crippen LogP contribution >= 0.6 is 0 Å². The maximum absolute atomic E-state index is 11.4. The normalized spacial score (nSPS) is 10.0. The van der Waals surface area contributed by atoms with Gasteiger partial charge in [-0.25, -0.2) is 0 Å². The highest BCUT2D eigenvalue weighted by molar-refractivity contribution is 6.02. The molecule has 2 heterocycles. The van der Waals surface area contributed by atoms with Crippen molar-refractivity contribution in [3.05, 3.63) is 30.4 Å². The van der Waals surface area contributed by atoms with Crippen LogP contribution in [0, 0.1) is 0 Å². The third-order valence-corrected chi connectivity index (χ3v) is 1.65. The second-order valence-electron chi connectivity index (χ2n) is 2.63. The molecule has 2 aromatic heterocycles. The van der Waals surface area contributed by atoms with Gasteiger partial charge in [-0.15, -0.1) is 0 Å². The lowest BCUT2D eigenvalue weighted by Gasteiger charge is -1.99. The Hall–Kier alpha value is -2.24. The summed E-state index contributed by atoms with van der Waals surface area (Å²) in [5.74, 6) is 0.219. The van der Waals surface area contributed by atoms with Gasteiger partial charge >= 0.3 is 0 Å². The highest BCUT2D eigenvalue weighted by Gasteiger charge is 2.10. The fourth-order valence-corrected chi connectivity index (χ4v) is 0.978. The van der Waals surface area contributed by atoms with Gasteiger partial charge in [0.1, 0.15) is 0 Å². The standard InChI is InChI=1S/C8H8N4O2/c9-5-4-10-12-7(5)11-8(13)6-2-1-3-14-6/h1-4H,9H2,(H2,10,11,12,13). The lowest BCUT2D eigenvalue weighted by Crippen LogP contribution is -2.12. The van der Waals surface area contributed by atoms with Gasteiger partial charge in [0.15, 0.2) is 11.6 Å². The minimum atomic E-state index is -0.369. The fraction of sp³-hybridized carbons (Fsp3) is 0. The number of furan rings is 1. The molecule has 0 aliphatic heterocycles. The summed E-state index contributed by atoms with van der Waals surface area (Å²) in [7, 11) is 0. The zero-order valence-corrected chi connectivity index (χ0v) is 7.15. The number of carbonyl (C=O) groups is 1. The average Bonchev–Trinajstić information content (AvgIpc) is 2.77. The van der Waals surface area contributed by atoms with Gasteiger partial charge in [-0.05, 0) is 12.1 Å². The number of amides is 1. The molecule has 0 saturated heterocycles. The van der Waals surface area contributed by atoms with Crippen LogP contribution in [0.1, 0.15) is 10.6 Å². The first-order valence-electron chi connectivity index (χ1n) is 3.91. The Morgan fingerprint density at radius 1 is 1.64 bits per heavy atom. The Labute approximate surface area is 79.1 Å². The van der Waals surface area contributed by atoms with Crippen molar-refractivity contribution in [3.8, 4) is 0 Å². The molecule has 0 fully saturated rings. The van der Waals surface area contributed by atoms with Crippen molar-refractivity contribution in [2.24, 2.45) is 0 Å². The molecule has 6 nitrogen and oxygen atoms in total. The smallest absolute Gasteiger partial charge is 0.292 e. The molecule has 72 valence electrons. The van der Waals surface area contributed by atoms with Crippen LogP contribution in [0.2, 0.25) is 0 Å². The van der Waals surface area contributed by atoms with E-state index < -0.39 is 0 Å². The van der Waals surface area contributed by atoms with E-state index in [1.54, 1.807) is 12.1 Å². The predicted octanol–water partition coefficient (Wildman–Crippen LogP) is 0.837. The molecule has 0 saturated carbocycles. The number of nitrogens with two attached hydrogens (primary N) is 1. The van der Waals surface area contributed by atoms with E-state index in [-0.39, 0.29) is 11.7 Å². The summed E-state index contributed by atoms with van der Waals surface area (Å²) in [6.45, 7) is 0. The fourth-order valence-electron chi connectivity index (χ4n) is 0.978. The van der Waals surface area contributed by atoms with Gasteiger partial charge < -0.3 is 15.5 Å². The summed E-state index contributed by atoms with van der Waals surface area (Å²) >= 11 is 0. The summed E-state index contributed by atoms with van der Waals surface area (Å²) < 4.78 is 4.90. The molecule has 2 aromatic rings. The molecule has 0 aromatic carbocycles. The van der Waals surface area contributed by atoms with Crippen LogP contribution in [0.15, 0.2) is 29.0 Å². The third kappa shape index (κ3) is 1.45. The zero-order valence-electron chi connectivity index (χ0n) is 7.15. The second kappa shape index (κ2) is 3.25. The Morgan fingerprint density at radius 2 is 2.50 bits per heavy atom. The van der Waals surface area contributed by atoms with E-state index in [2.05, 4.69) is 15.5 Å². The number of anilines is 2. The van der Waals surface area contributed by atoms with Gasteiger partial charge in [-0.3, -0.25) is 9.89 Å². The van der Waals surface area contributed by atoms with Crippen LogP contribution < -0.4 is 11.1 Å². The SMILES string of the molecule is Nc1cn[nH]c1NC(=O)c1ccco1. The molecule has 2 rings (SSSR count). The number of nitrogen functional groups attached to an aromatic ring is 1. The summed E-state index contributed by atoms with van der Waals surface area (Å²) in [6.07, 6.45) is 2.84. The Kier molecular flexibility index (Phi) is 1.94. The van der Waals surface area contributed by atoms with E-state index in [1.807, 2.05) is 0 Å². The second-order valence-corrected chi connectivity index (χ2v) is 2.63. The number of aromatic amines is 1. The maximum atomic E-state index is 11.4. The van der Waals surface area contributed by atoms with Gasteiger partial charge in [-0.2, -0.15) is 5.10 Å². The molecule has 1 amide bonds. The van der Waals surface area contributed by atoms with Gasteiger partial charge in [0.2, 0.25) is 0 Å². The first-order valence-corrected chi connectivity index (χ1v) is 3.91. The van der Waals surface area contributed by atoms with Gasteiger partial charge in [0.25, 0.3) is 5.91 Å². The van der Waals surface area contributed by atoms with E-state index >= 15 is 0 Å². The summed E-state index contributed by atoms with van der Waals surface area (Å²) in [5, 5.41) is 8.73. The molecule has 0 radical (unpaired) electrons. The van der Waals surface area contributed by atoms with Crippen LogP contribution in [0.3, 0.4) is 0 Å². The van der Waals surface area contributed by atoms with E-state index in [4.69, 9.17) is 10.2 Å². The molecule has 0 aliphatic rings. The van der Waals surface area contributed by atoms with E-state index in [0.717, 1.165) is 0 Å². The maximum Gasteiger partial charge on any atom is 0.292 e. The van der Waals surface area contributed by atoms with E-state index in [1.165, 1.54) is 12.5 Å². The van der Waals surface area contributed by atoms with Crippen molar-refractivity contribution in [3.63, 3.8) is 0 Å². The minimum absolute atomic E-state index is 0.221. The van der Waals surface area contributed by atoms with Crippen molar-refractivity contribution >= 4 is 17.4 Å². The Morgan fingerprint density at radius 3 is 3.07 bits per heavy atom. The Bertz CT molecular complexity index is 432. The first kappa shape index (κ1) is 8.36. The monoisotopic (exact) mass is 192 g/mol. The van der Waals surface area contributed by atoms with Crippen molar-refractivity contribution in [1.29, 1.82) is 0 Å². The lowest BCUT2D eigenvalue weighted by molar-refractivity contribution is 0.0996. The van der Waals surface area contributed by atoms with Crippen LogP contribution in [0.5, 0.6) is 0 Å². The first-order chi connectivity index (χ1) is 6.77. The summed E-state index contributed by atoms with van der Waals surface area (Å²) in [4.78, 5) is 11.4. The van der Waals surface area contributed by atoms with Crippen LogP contribution in [0.4, 0.5) is 11.5 Å². The topological polar surface area (TPSA) is 96.9 Å². The number of hydrogen-bond donors (Lipinski definition) is 3. The van der Waals surface area contributed by atoms with Crippen molar-refractivity contribution in [2.45, 2.75) is 0 Å². The summed E-state index contributed by atoms with van der Waals surface area (Å²) in [6, 6.07) is 3.19. The molecule has 0 spiro atoms. The molecule has 14 heavy (non-hydrogen) atoms. The van der Waals surface area contributed by atoms with Crippen LogP contribution in [0.25, 0.3) is 0 Å². The molecule has 6 heteroatoms. The van der Waals surface area contributed by atoms with Gasteiger partial charge in [-0.1, -0.05) is 0 Å². The molecule has 0 aliphatic carbocycles. The number of nitrogens with one attached hydrogen (secondary N) is 2. The van der Waals surface area contributed by atoms with Gasteiger partial charge in [0, 0.05) is 0 Å². The summed E-state index contributed by atoms with van der Waals surface area (Å²) in [5.41, 5.74) is 5.88. The minimum Gasteiger partial charge on any atom is -0.459 e. The molecule has 0 unspecified atom stereocenters. The van der Waals surface area contributed by atoms with E-state index in [9.17, 15) is 4.79 Å². The Balaban J connectivity index is 2.13. The number of nitrogens with zero attached hydrogens (tertiary/aromatic N) is 1. The average molecular weight is 192 g/mol. The van der Waals surface area contributed by atoms with Crippen LogP contribution in [-0.4, -0.2) is 16.1 Å². The third-order valence-electron chi connectivity index (χ3n) is 1.65. The largest absolute Gasteiger partial charge is 0.459 e. The number of rotatable bonds is 2. The number of H-pyrrole nitrogens is 1. The highest BCUT2D eigenvalue weighted by Crippen LogP contribution is 2.13. The highest BCUT2D eigenvalue weighted by atomic mass is 16.3. The number of carbonyl (C=O) groups excluding carboxylic acids is 1. The number of hydrogen-bond acceptors (Lipinski definition) is 4. The molecular formula is C8H8N4O2. The van der Waals surface area contributed by atoms with Crippen LogP contribution in [-0.2, 0) is 0 Å². The van der Waals surface area contributed by atoms with Crippen molar-refractivity contribution in [1.82, 2.24) is 10.2 Å². The quantitative estimate of drug-likeness (QED) is 0.656.